The van der Waals surface area contributed by atoms with E-state index in [4.69, 9.17) is 19.2 Å². The molecule has 0 aromatic heterocycles. The molecule has 0 unspecified atom stereocenters. The van der Waals surface area contributed by atoms with Crippen molar-refractivity contribution in [3.63, 3.8) is 0 Å². The first-order valence-corrected chi connectivity index (χ1v) is 8.75. The Kier molecular flexibility index (Phi) is 47.3. The van der Waals surface area contributed by atoms with Crippen LogP contribution in [0.15, 0.2) is 0 Å². The van der Waals surface area contributed by atoms with Crippen LogP contribution in [0.2, 0.25) is 0 Å². The number of hydrogen-bond acceptors (Lipinski definition) is 5. The molecule has 0 fully saturated rings. The molecule has 5 nitrogen and oxygen atoms in total. The molecule has 0 rings (SSSR count). The van der Waals surface area contributed by atoms with Crippen LogP contribution in [-0.2, 0) is 4.57 Å². The van der Waals surface area contributed by atoms with Crippen LogP contribution in [-0.4, -0.2) is 13.6 Å². The van der Waals surface area contributed by atoms with E-state index in [9.17, 15) is 0 Å². The maximum Gasteiger partial charge on any atom is 1.00 e. The SMILES string of the molecule is CCCCCCCCCCCCNC.O=P([O-])([O-])[O-].[Na+].[Na+].[Na+]. The van der Waals surface area contributed by atoms with E-state index < -0.39 is 7.82 Å². The normalized spacial score (nSPS) is 9.50. The van der Waals surface area contributed by atoms with Gasteiger partial charge in [0.2, 0.25) is 0 Å². The molecule has 0 aromatic carbocycles. The molecule has 0 aromatic rings. The Morgan fingerprint density at radius 3 is 1.27 bits per heavy atom. The maximum atomic E-state index is 8.55. The third-order valence-corrected chi connectivity index (χ3v) is 2.78. The Balaban J connectivity index is -0.000000105. The van der Waals surface area contributed by atoms with E-state index in [1.807, 2.05) is 7.05 Å². The predicted molar refractivity (Wildman–Crippen MR) is 73.4 cm³/mol. The van der Waals surface area contributed by atoms with Crippen molar-refractivity contribution in [1.82, 2.24) is 5.32 Å². The summed E-state index contributed by atoms with van der Waals surface area (Å²) in [6, 6.07) is 0. The van der Waals surface area contributed by atoms with Gasteiger partial charge in [-0.25, -0.2) is 0 Å². The second-order valence-electron chi connectivity index (χ2n) is 4.73. The molecule has 0 amide bonds. The summed E-state index contributed by atoms with van der Waals surface area (Å²) in [6.45, 7) is 3.47. The molecular weight excluding hydrogens is 334 g/mol. The first-order valence-electron chi connectivity index (χ1n) is 7.29. The zero-order valence-electron chi connectivity index (χ0n) is 15.4. The van der Waals surface area contributed by atoms with Crippen molar-refractivity contribution >= 4 is 7.82 Å². The van der Waals surface area contributed by atoms with Crippen molar-refractivity contribution < 1.29 is 108 Å². The van der Waals surface area contributed by atoms with Gasteiger partial charge in [-0.15, -0.1) is 0 Å². The Labute approximate surface area is 203 Å². The zero-order chi connectivity index (χ0) is 15.0. The van der Waals surface area contributed by atoms with Gasteiger partial charge in [0, 0.05) is 0 Å². The summed E-state index contributed by atoms with van der Waals surface area (Å²) < 4.78 is 8.55. The summed E-state index contributed by atoms with van der Waals surface area (Å²) in [7, 11) is -3.35. The van der Waals surface area contributed by atoms with Crippen LogP contribution in [0.1, 0.15) is 71.1 Å². The molecule has 9 heteroatoms. The minimum atomic E-state index is -5.39. The van der Waals surface area contributed by atoms with E-state index in [0.717, 1.165) is 0 Å². The molecule has 118 valence electrons. The van der Waals surface area contributed by atoms with Crippen molar-refractivity contribution in [3.8, 4) is 0 Å². The molecule has 0 aliphatic rings. The molecule has 0 heterocycles. The Morgan fingerprint density at radius 1 is 0.727 bits per heavy atom. The van der Waals surface area contributed by atoms with Crippen LogP contribution in [0.25, 0.3) is 0 Å². The van der Waals surface area contributed by atoms with Gasteiger partial charge in [0.05, 0.1) is 0 Å². The Hall–Kier alpha value is 3.07. The van der Waals surface area contributed by atoms with Crippen molar-refractivity contribution in [1.29, 1.82) is 0 Å². The molecule has 0 bridgehead atoms. The standard InChI is InChI=1S/C13H29N.3Na.H3O4P/c1-3-4-5-6-7-8-9-10-11-12-13-14-2;;;;1-5(2,3)4/h14H,3-13H2,1-2H3;;;;(H3,1,2,3,4)/q;3*+1;/p-3. The first kappa shape index (κ1) is 36.1. The summed E-state index contributed by atoms with van der Waals surface area (Å²) in [5.41, 5.74) is 0. The third kappa shape index (κ3) is 56.8. The van der Waals surface area contributed by atoms with Gasteiger partial charge in [-0.3, -0.25) is 0 Å². The van der Waals surface area contributed by atoms with Crippen LogP contribution in [0.3, 0.4) is 0 Å². The quantitative estimate of drug-likeness (QED) is 0.223. The molecular formula is C13H29NNa3O4P. The minimum absolute atomic E-state index is 0. The molecule has 0 spiro atoms. The minimum Gasteiger partial charge on any atom is -0.822 e. The van der Waals surface area contributed by atoms with Gasteiger partial charge in [-0.05, 0) is 20.0 Å². The topological polar surface area (TPSA) is 98.3 Å². The van der Waals surface area contributed by atoms with Gasteiger partial charge in [-0.2, -0.15) is 7.82 Å². The summed E-state index contributed by atoms with van der Waals surface area (Å²) >= 11 is 0. The van der Waals surface area contributed by atoms with E-state index in [1.165, 1.54) is 70.8 Å². The fourth-order valence-corrected chi connectivity index (χ4v) is 1.79. The predicted octanol–water partition coefficient (Wildman–Crippen LogP) is -7.69. The van der Waals surface area contributed by atoms with Crippen molar-refractivity contribution in [2.75, 3.05) is 13.6 Å². The van der Waals surface area contributed by atoms with E-state index in [0.29, 0.717) is 0 Å². The van der Waals surface area contributed by atoms with E-state index in [-0.39, 0.29) is 88.7 Å². The van der Waals surface area contributed by atoms with Crippen LogP contribution < -0.4 is 109 Å². The number of phosphoric acid groups is 1. The molecule has 0 radical (unpaired) electrons. The van der Waals surface area contributed by atoms with Crippen molar-refractivity contribution in [2.24, 2.45) is 0 Å². The molecule has 0 atom stereocenters. The van der Waals surface area contributed by atoms with Crippen LogP contribution >= 0.6 is 7.82 Å². The summed E-state index contributed by atoms with van der Waals surface area (Å²) in [5.74, 6) is 0. The molecule has 0 aliphatic carbocycles. The number of rotatable bonds is 11. The van der Waals surface area contributed by atoms with Gasteiger partial charge in [0.15, 0.2) is 0 Å². The summed E-state index contributed by atoms with van der Waals surface area (Å²) in [6.07, 6.45) is 14.3. The van der Waals surface area contributed by atoms with E-state index in [2.05, 4.69) is 12.2 Å². The first-order chi connectivity index (χ1) is 8.91. The largest absolute Gasteiger partial charge is 1.00 e. The van der Waals surface area contributed by atoms with Gasteiger partial charge < -0.3 is 24.6 Å². The van der Waals surface area contributed by atoms with Gasteiger partial charge in [0.25, 0.3) is 0 Å². The molecule has 22 heavy (non-hydrogen) atoms. The maximum absolute atomic E-state index is 8.55. The third-order valence-electron chi connectivity index (χ3n) is 2.78. The second-order valence-corrected chi connectivity index (χ2v) is 5.63. The summed E-state index contributed by atoms with van der Waals surface area (Å²) in [5, 5.41) is 3.19. The Bertz CT molecular complexity index is 201. The monoisotopic (exact) mass is 363 g/mol. The smallest absolute Gasteiger partial charge is 0.822 e. The Morgan fingerprint density at radius 2 is 1.00 bits per heavy atom. The zero-order valence-corrected chi connectivity index (χ0v) is 22.3. The van der Waals surface area contributed by atoms with Gasteiger partial charge in [-0.1, -0.05) is 64.7 Å². The van der Waals surface area contributed by atoms with E-state index >= 15 is 0 Å². The average molecular weight is 363 g/mol. The van der Waals surface area contributed by atoms with Crippen molar-refractivity contribution in [2.45, 2.75) is 71.1 Å². The fraction of sp³-hybridized carbons (Fsp3) is 1.00. The molecule has 1 N–H and O–H groups in total. The molecule has 0 saturated heterocycles. The van der Waals surface area contributed by atoms with Gasteiger partial charge in [0.1, 0.15) is 0 Å². The second kappa shape index (κ2) is 28.9. The molecule has 0 aliphatic heterocycles. The number of nitrogens with one attached hydrogen (secondary N) is 1. The average Bonchev–Trinajstić information content (AvgIpc) is 2.29. The van der Waals surface area contributed by atoms with E-state index in [1.54, 1.807) is 0 Å². The van der Waals surface area contributed by atoms with Crippen LogP contribution in [0, 0.1) is 0 Å². The number of hydrogen-bond donors (Lipinski definition) is 1. The van der Waals surface area contributed by atoms with Crippen LogP contribution in [0.5, 0.6) is 0 Å². The molecule has 0 saturated carbocycles. The fourth-order valence-electron chi connectivity index (χ4n) is 1.79. The number of unbranched alkanes of at least 4 members (excludes halogenated alkanes) is 9. The summed E-state index contributed by atoms with van der Waals surface area (Å²) in [4.78, 5) is 25.6. The van der Waals surface area contributed by atoms with Crippen LogP contribution in [0.4, 0.5) is 0 Å². The van der Waals surface area contributed by atoms with Gasteiger partial charge >= 0.3 is 88.7 Å². The van der Waals surface area contributed by atoms with Crippen molar-refractivity contribution in [3.05, 3.63) is 0 Å².